The molecule has 1 rings (SSSR count). The summed E-state index contributed by atoms with van der Waals surface area (Å²) < 4.78 is 11.0. The first kappa shape index (κ1) is 15.9. The highest BCUT2D eigenvalue weighted by molar-refractivity contribution is 4.89. The van der Waals surface area contributed by atoms with E-state index in [-0.39, 0.29) is 0 Å². The number of aliphatic hydroxyl groups excluding tert-OH is 3. The Labute approximate surface area is 109 Å². The van der Waals surface area contributed by atoms with Crippen LogP contribution in [0.2, 0.25) is 0 Å². The molecule has 5 heteroatoms. The quantitative estimate of drug-likeness (QED) is 0.673. The summed E-state index contributed by atoms with van der Waals surface area (Å²) in [5.41, 5.74) is 0. The Morgan fingerprint density at radius 2 is 1.56 bits per heavy atom. The molecule has 3 N–H and O–H groups in total. The first-order valence-electron chi connectivity index (χ1n) is 6.64. The van der Waals surface area contributed by atoms with E-state index in [2.05, 4.69) is 0 Å². The van der Waals surface area contributed by atoms with E-state index in [1.165, 1.54) is 0 Å². The summed E-state index contributed by atoms with van der Waals surface area (Å²) in [6.07, 6.45) is -4.25. The predicted octanol–water partition coefficient (Wildman–Crippen LogP) is 0.513. The Morgan fingerprint density at radius 1 is 0.944 bits per heavy atom. The van der Waals surface area contributed by atoms with Gasteiger partial charge in [-0.15, -0.1) is 0 Å². The van der Waals surface area contributed by atoms with Crippen molar-refractivity contribution >= 4 is 0 Å². The van der Waals surface area contributed by atoms with Crippen molar-refractivity contribution in [2.75, 3.05) is 6.61 Å². The van der Waals surface area contributed by atoms with Gasteiger partial charge in [0.25, 0.3) is 0 Å². The number of hydrogen-bond donors (Lipinski definition) is 3. The molecule has 1 fully saturated rings. The molecule has 0 radical (unpaired) electrons. The Bertz CT molecular complexity index is 242. The van der Waals surface area contributed by atoms with Gasteiger partial charge in [-0.25, -0.2) is 0 Å². The minimum Gasteiger partial charge on any atom is -0.388 e. The fourth-order valence-electron chi connectivity index (χ4n) is 2.00. The SMILES string of the molecule is CC(C)COC1OC(CC(C)C)C(O)C(O)C1O. The van der Waals surface area contributed by atoms with Gasteiger partial charge in [-0.05, 0) is 18.3 Å². The average molecular weight is 262 g/mol. The van der Waals surface area contributed by atoms with Gasteiger partial charge in [-0.1, -0.05) is 27.7 Å². The Hall–Kier alpha value is -0.200. The lowest BCUT2D eigenvalue weighted by atomic mass is 9.93. The van der Waals surface area contributed by atoms with Gasteiger partial charge < -0.3 is 24.8 Å². The van der Waals surface area contributed by atoms with E-state index in [0.29, 0.717) is 24.9 Å². The number of ether oxygens (including phenoxy) is 2. The molecule has 0 spiro atoms. The minimum atomic E-state index is -1.22. The normalized spacial score (nSPS) is 37.5. The molecule has 1 aliphatic rings. The third-order valence-corrected chi connectivity index (χ3v) is 2.97. The van der Waals surface area contributed by atoms with Crippen molar-refractivity contribution in [3.63, 3.8) is 0 Å². The van der Waals surface area contributed by atoms with Gasteiger partial charge in [0.05, 0.1) is 12.7 Å². The first-order valence-corrected chi connectivity index (χ1v) is 6.64. The lowest BCUT2D eigenvalue weighted by Crippen LogP contribution is -2.58. The molecule has 5 unspecified atom stereocenters. The van der Waals surface area contributed by atoms with E-state index in [9.17, 15) is 15.3 Å². The number of aliphatic hydroxyl groups is 3. The van der Waals surface area contributed by atoms with Gasteiger partial charge in [0.1, 0.15) is 18.3 Å². The second-order valence-corrected chi connectivity index (χ2v) is 5.87. The molecule has 5 atom stereocenters. The molecule has 0 aromatic carbocycles. The highest BCUT2D eigenvalue weighted by Crippen LogP contribution is 2.26. The van der Waals surface area contributed by atoms with Crippen molar-refractivity contribution in [3.05, 3.63) is 0 Å². The van der Waals surface area contributed by atoms with Crippen LogP contribution in [-0.4, -0.2) is 52.6 Å². The van der Waals surface area contributed by atoms with Gasteiger partial charge in [0.15, 0.2) is 6.29 Å². The summed E-state index contributed by atoms with van der Waals surface area (Å²) in [5.74, 6) is 0.645. The van der Waals surface area contributed by atoms with Crippen LogP contribution < -0.4 is 0 Å². The van der Waals surface area contributed by atoms with Crippen LogP contribution in [0.25, 0.3) is 0 Å². The second kappa shape index (κ2) is 6.82. The molecule has 1 heterocycles. The van der Waals surface area contributed by atoms with E-state index in [0.717, 1.165) is 0 Å². The lowest BCUT2D eigenvalue weighted by Gasteiger charge is -2.41. The van der Waals surface area contributed by atoms with Gasteiger partial charge in [-0.2, -0.15) is 0 Å². The van der Waals surface area contributed by atoms with E-state index in [1.807, 2.05) is 27.7 Å². The van der Waals surface area contributed by atoms with Crippen molar-refractivity contribution in [2.45, 2.75) is 64.8 Å². The largest absolute Gasteiger partial charge is 0.388 e. The van der Waals surface area contributed by atoms with Crippen molar-refractivity contribution in [2.24, 2.45) is 11.8 Å². The molecule has 0 aromatic heterocycles. The van der Waals surface area contributed by atoms with Crippen molar-refractivity contribution in [1.29, 1.82) is 0 Å². The standard InChI is InChI=1S/C13H26O5/c1-7(2)5-9-10(14)11(15)12(16)13(18-9)17-6-8(3)4/h7-16H,5-6H2,1-4H3. The molecule has 0 bridgehead atoms. The Kier molecular flexibility index (Phi) is 6.01. The molecule has 1 aliphatic heterocycles. The van der Waals surface area contributed by atoms with E-state index in [4.69, 9.17) is 9.47 Å². The summed E-state index contributed by atoms with van der Waals surface area (Å²) in [4.78, 5) is 0. The van der Waals surface area contributed by atoms with Crippen LogP contribution in [0.15, 0.2) is 0 Å². The van der Waals surface area contributed by atoms with Crippen LogP contribution in [0, 0.1) is 11.8 Å². The Morgan fingerprint density at radius 3 is 2.06 bits per heavy atom. The maximum absolute atomic E-state index is 9.86. The average Bonchev–Trinajstić information content (AvgIpc) is 2.27. The number of rotatable bonds is 5. The summed E-state index contributed by atoms with van der Waals surface area (Å²) >= 11 is 0. The fourth-order valence-corrected chi connectivity index (χ4v) is 2.00. The van der Waals surface area contributed by atoms with Crippen LogP contribution in [0.1, 0.15) is 34.1 Å². The van der Waals surface area contributed by atoms with Crippen LogP contribution in [-0.2, 0) is 9.47 Å². The molecule has 0 saturated carbocycles. The highest BCUT2D eigenvalue weighted by Gasteiger charge is 2.44. The number of hydrogen-bond acceptors (Lipinski definition) is 5. The molecule has 0 aliphatic carbocycles. The maximum atomic E-state index is 9.86. The highest BCUT2D eigenvalue weighted by atomic mass is 16.7. The summed E-state index contributed by atoms with van der Waals surface area (Å²) in [7, 11) is 0. The van der Waals surface area contributed by atoms with Crippen molar-refractivity contribution in [3.8, 4) is 0 Å². The monoisotopic (exact) mass is 262 g/mol. The topological polar surface area (TPSA) is 79.2 Å². The van der Waals surface area contributed by atoms with Gasteiger partial charge >= 0.3 is 0 Å². The molecule has 18 heavy (non-hydrogen) atoms. The van der Waals surface area contributed by atoms with E-state index in [1.54, 1.807) is 0 Å². The van der Waals surface area contributed by atoms with Gasteiger partial charge in [0.2, 0.25) is 0 Å². The van der Waals surface area contributed by atoms with Crippen LogP contribution in [0.4, 0.5) is 0 Å². The zero-order chi connectivity index (χ0) is 13.9. The minimum absolute atomic E-state index is 0.313. The smallest absolute Gasteiger partial charge is 0.186 e. The molecular formula is C13H26O5. The van der Waals surface area contributed by atoms with Gasteiger partial charge in [0, 0.05) is 0 Å². The second-order valence-electron chi connectivity index (χ2n) is 5.87. The third kappa shape index (κ3) is 4.17. The molecule has 0 amide bonds. The van der Waals surface area contributed by atoms with Gasteiger partial charge in [-0.3, -0.25) is 0 Å². The van der Waals surface area contributed by atoms with E-state index >= 15 is 0 Å². The molecule has 0 aromatic rings. The zero-order valence-electron chi connectivity index (χ0n) is 11.6. The van der Waals surface area contributed by atoms with Crippen LogP contribution >= 0.6 is 0 Å². The zero-order valence-corrected chi connectivity index (χ0v) is 11.6. The summed E-state index contributed by atoms with van der Waals surface area (Å²) in [6, 6.07) is 0. The van der Waals surface area contributed by atoms with Crippen molar-refractivity contribution in [1.82, 2.24) is 0 Å². The van der Waals surface area contributed by atoms with Crippen LogP contribution in [0.5, 0.6) is 0 Å². The maximum Gasteiger partial charge on any atom is 0.186 e. The molecule has 108 valence electrons. The van der Waals surface area contributed by atoms with Crippen molar-refractivity contribution < 1.29 is 24.8 Å². The predicted molar refractivity (Wildman–Crippen MR) is 66.9 cm³/mol. The molecule has 5 nitrogen and oxygen atoms in total. The first-order chi connectivity index (χ1) is 8.32. The lowest BCUT2D eigenvalue weighted by molar-refractivity contribution is -0.300. The summed E-state index contributed by atoms with van der Waals surface area (Å²) in [5, 5.41) is 29.5. The van der Waals surface area contributed by atoms with E-state index < -0.39 is 30.7 Å². The summed E-state index contributed by atoms with van der Waals surface area (Å²) in [6.45, 7) is 8.45. The molecular weight excluding hydrogens is 236 g/mol. The van der Waals surface area contributed by atoms with Crippen LogP contribution in [0.3, 0.4) is 0 Å². The third-order valence-electron chi connectivity index (χ3n) is 2.97. The Balaban J connectivity index is 2.62. The fraction of sp³-hybridized carbons (Fsp3) is 1.00. The molecule has 1 saturated heterocycles.